The second-order valence-corrected chi connectivity index (χ2v) is 7.37. The van der Waals surface area contributed by atoms with Crippen LogP contribution in [0.1, 0.15) is 18.4 Å². The average Bonchev–Trinajstić information content (AvgIpc) is 3.30. The summed E-state index contributed by atoms with van der Waals surface area (Å²) in [6, 6.07) is 6.67. The van der Waals surface area contributed by atoms with Crippen LogP contribution < -0.4 is 5.32 Å². The molecule has 2 fully saturated rings. The number of hydrogen-bond acceptors (Lipinski definition) is 5. The predicted octanol–water partition coefficient (Wildman–Crippen LogP) is 2.60. The number of rotatable bonds is 4. The van der Waals surface area contributed by atoms with E-state index >= 15 is 0 Å². The van der Waals surface area contributed by atoms with Gasteiger partial charge in [0.25, 0.3) is 5.69 Å². The molecule has 2 aliphatic rings. The van der Waals surface area contributed by atoms with Gasteiger partial charge in [-0.2, -0.15) is 5.10 Å². The van der Waals surface area contributed by atoms with Crippen molar-refractivity contribution in [2.75, 3.05) is 26.2 Å². The maximum absolute atomic E-state index is 10.8. The van der Waals surface area contributed by atoms with Crippen molar-refractivity contribution in [1.29, 1.82) is 0 Å². The number of nitrogens with one attached hydrogen (secondary N) is 1. The fourth-order valence-electron chi connectivity index (χ4n) is 4.18. The van der Waals surface area contributed by atoms with E-state index in [9.17, 15) is 10.1 Å². The van der Waals surface area contributed by atoms with E-state index < -0.39 is 0 Å². The number of non-ortho nitro benzene ring substituents is 1. The van der Waals surface area contributed by atoms with Gasteiger partial charge in [-0.15, -0.1) is 12.4 Å². The van der Waals surface area contributed by atoms with Crippen LogP contribution in [0.5, 0.6) is 0 Å². The highest BCUT2D eigenvalue weighted by Crippen LogP contribution is 2.37. The second kappa shape index (κ2) is 7.34. The lowest BCUT2D eigenvalue weighted by molar-refractivity contribution is -0.384. The number of halogens is 1. The predicted molar refractivity (Wildman–Crippen MR) is 102 cm³/mol. The van der Waals surface area contributed by atoms with E-state index in [-0.39, 0.29) is 23.0 Å². The Morgan fingerprint density at radius 2 is 2.08 bits per heavy atom. The molecule has 2 aromatic rings. The summed E-state index contributed by atoms with van der Waals surface area (Å²) in [6.07, 6.45) is 4.59. The molecule has 0 saturated carbocycles. The van der Waals surface area contributed by atoms with E-state index in [0.29, 0.717) is 5.41 Å². The normalized spacial score (nSPS) is 22.7. The molecule has 1 atom stereocenters. The summed E-state index contributed by atoms with van der Waals surface area (Å²) >= 11 is 0. The van der Waals surface area contributed by atoms with Crippen LogP contribution in [0.3, 0.4) is 0 Å². The molecule has 140 valence electrons. The van der Waals surface area contributed by atoms with E-state index in [2.05, 4.69) is 21.5 Å². The van der Waals surface area contributed by atoms with Gasteiger partial charge < -0.3 is 5.32 Å². The van der Waals surface area contributed by atoms with Gasteiger partial charge in [-0.1, -0.05) is 0 Å². The Morgan fingerprint density at radius 3 is 2.73 bits per heavy atom. The minimum Gasteiger partial charge on any atom is -0.316 e. The third kappa shape index (κ3) is 3.60. The quantitative estimate of drug-likeness (QED) is 0.654. The van der Waals surface area contributed by atoms with E-state index in [1.54, 1.807) is 24.3 Å². The summed E-state index contributed by atoms with van der Waals surface area (Å²) in [6.45, 7) is 5.40. The van der Waals surface area contributed by atoms with Crippen LogP contribution in [0.2, 0.25) is 0 Å². The van der Waals surface area contributed by atoms with E-state index in [1.807, 2.05) is 11.7 Å². The van der Waals surface area contributed by atoms with E-state index in [1.165, 1.54) is 18.4 Å². The van der Waals surface area contributed by atoms with Crippen LogP contribution in [0.4, 0.5) is 5.69 Å². The Bertz CT molecular complexity index is 783. The summed E-state index contributed by atoms with van der Waals surface area (Å²) in [5, 5.41) is 18.9. The maximum Gasteiger partial charge on any atom is 0.269 e. The number of aromatic nitrogens is 2. The van der Waals surface area contributed by atoms with Crippen molar-refractivity contribution >= 4 is 18.1 Å². The topological polar surface area (TPSA) is 76.2 Å². The molecule has 7 nitrogen and oxygen atoms in total. The van der Waals surface area contributed by atoms with Crippen LogP contribution in [0, 0.1) is 15.5 Å². The number of benzene rings is 1. The summed E-state index contributed by atoms with van der Waals surface area (Å²) < 4.78 is 1.83. The highest BCUT2D eigenvalue weighted by atomic mass is 35.5. The first-order chi connectivity index (χ1) is 12.0. The van der Waals surface area contributed by atoms with Gasteiger partial charge in [-0.3, -0.25) is 19.7 Å². The lowest BCUT2D eigenvalue weighted by Gasteiger charge is -2.22. The van der Waals surface area contributed by atoms with Gasteiger partial charge in [-0.05, 0) is 43.5 Å². The van der Waals surface area contributed by atoms with Crippen LogP contribution >= 0.6 is 12.4 Å². The Hall–Kier alpha value is -1.96. The molecular weight excluding hydrogens is 354 g/mol. The Balaban J connectivity index is 0.00000196. The fourth-order valence-corrected chi connectivity index (χ4v) is 4.18. The first-order valence-electron chi connectivity index (χ1n) is 8.75. The molecule has 0 amide bonds. The third-order valence-corrected chi connectivity index (χ3v) is 5.50. The number of hydrogen-bond donors (Lipinski definition) is 1. The van der Waals surface area contributed by atoms with Gasteiger partial charge in [0.15, 0.2) is 0 Å². The second-order valence-electron chi connectivity index (χ2n) is 7.37. The molecule has 3 heterocycles. The number of nitrogens with zero attached hydrogens (tertiary/aromatic N) is 4. The summed E-state index contributed by atoms with van der Waals surface area (Å²) in [5.41, 5.74) is 3.59. The molecule has 2 saturated heterocycles. The zero-order valence-electron chi connectivity index (χ0n) is 14.9. The summed E-state index contributed by atoms with van der Waals surface area (Å²) in [7, 11) is 1.92. The lowest BCUT2D eigenvalue weighted by Crippen LogP contribution is -2.29. The molecule has 8 heteroatoms. The molecule has 1 unspecified atom stereocenters. The van der Waals surface area contributed by atoms with Gasteiger partial charge in [0.05, 0.1) is 10.6 Å². The van der Waals surface area contributed by atoms with Crippen molar-refractivity contribution in [3.63, 3.8) is 0 Å². The SMILES string of the molecule is Cl.Cn1cc(CN2CCC3(CCNC3)C2)c(-c2ccc([N+](=O)[O-])cc2)n1. The van der Waals surface area contributed by atoms with Crippen molar-refractivity contribution in [2.24, 2.45) is 12.5 Å². The number of nitro benzene ring substituents is 1. The first kappa shape index (κ1) is 18.8. The Labute approximate surface area is 158 Å². The number of nitro groups is 1. The van der Waals surface area contributed by atoms with Crippen LogP contribution in [-0.2, 0) is 13.6 Å². The van der Waals surface area contributed by atoms with Gasteiger partial charge in [0.1, 0.15) is 0 Å². The summed E-state index contributed by atoms with van der Waals surface area (Å²) in [4.78, 5) is 13.0. The smallest absolute Gasteiger partial charge is 0.269 e. The molecule has 0 radical (unpaired) electrons. The average molecular weight is 378 g/mol. The highest BCUT2D eigenvalue weighted by molar-refractivity contribution is 5.85. The Morgan fingerprint density at radius 1 is 1.31 bits per heavy atom. The van der Waals surface area contributed by atoms with Gasteiger partial charge >= 0.3 is 0 Å². The zero-order valence-corrected chi connectivity index (χ0v) is 15.7. The zero-order chi connectivity index (χ0) is 17.4. The van der Waals surface area contributed by atoms with E-state index in [0.717, 1.165) is 44.0 Å². The van der Waals surface area contributed by atoms with E-state index in [4.69, 9.17) is 0 Å². The largest absolute Gasteiger partial charge is 0.316 e. The molecule has 1 spiro atoms. The number of aryl methyl sites for hydroxylation is 1. The molecule has 4 rings (SSSR count). The van der Waals surface area contributed by atoms with Crippen LogP contribution in [-0.4, -0.2) is 45.8 Å². The minimum atomic E-state index is -0.373. The molecule has 1 aromatic heterocycles. The molecule has 1 N–H and O–H groups in total. The molecule has 0 aliphatic carbocycles. The highest BCUT2D eigenvalue weighted by Gasteiger charge is 2.40. The van der Waals surface area contributed by atoms with Gasteiger partial charge in [0.2, 0.25) is 0 Å². The third-order valence-electron chi connectivity index (χ3n) is 5.50. The fraction of sp³-hybridized carbons (Fsp3) is 0.500. The minimum absolute atomic E-state index is 0. The van der Waals surface area contributed by atoms with Crippen molar-refractivity contribution in [2.45, 2.75) is 19.4 Å². The van der Waals surface area contributed by atoms with Gasteiger partial charge in [-0.25, -0.2) is 0 Å². The van der Waals surface area contributed by atoms with Crippen molar-refractivity contribution in [3.05, 3.63) is 46.1 Å². The monoisotopic (exact) mass is 377 g/mol. The summed E-state index contributed by atoms with van der Waals surface area (Å²) in [5.74, 6) is 0. The molecule has 26 heavy (non-hydrogen) atoms. The van der Waals surface area contributed by atoms with Crippen molar-refractivity contribution in [1.82, 2.24) is 20.0 Å². The molecule has 1 aromatic carbocycles. The molecular formula is C18H24ClN5O2. The van der Waals surface area contributed by atoms with Crippen LogP contribution in [0.25, 0.3) is 11.3 Å². The van der Waals surface area contributed by atoms with Gasteiger partial charge in [0, 0.05) is 56.1 Å². The lowest BCUT2D eigenvalue weighted by atomic mass is 9.86. The standard InChI is InChI=1S/C18H23N5O2.ClH/c1-21-10-15(11-22-9-7-18(13-22)6-8-19-12-18)17(20-21)14-2-4-16(5-3-14)23(24)25;/h2-5,10,19H,6-9,11-13H2,1H3;1H. The number of likely N-dealkylation sites (tertiary alicyclic amines) is 1. The first-order valence-corrected chi connectivity index (χ1v) is 8.75. The molecule has 0 bridgehead atoms. The molecule has 2 aliphatic heterocycles. The Kier molecular flexibility index (Phi) is 5.32. The van der Waals surface area contributed by atoms with Crippen molar-refractivity contribution in [3.8, 4) is 11.3 Å². The van der Waals surface area contributed by atoms with Crippen LogP contribution in [0.15, 0.2) is 30.5 Å². The maximum atomic E-state index is 10.8. The van der Waals surface area contributed by atoms with Crippen molar-refractivity contribution < 1.29 is 4.92 Å².